The number of carbonyl (C=O) groups excluding carboxylic acids is 4. The van der Waals surface area contributed by atoms with Crippen LogP contribution in [0, 0.1) is 5.92 Å². The predicted molar refractivity (Wildman–Crippen MR) is 60.5 cm³/mol. The van der Waals surface area contributed by atoms with E-state index in [-0.39, 0.29) is 5.97 Å². The summed E-state index contributed by atoms with van der Waals surface area (Å²) in [6.45, 7) is 3.04. The lowest BCUT2D eigenvalue weighted by Gasteiger charge is -2.05. The van der Waals surface area contributed by atoms with Crippen molar-refractivity contribution in [2.45, 2.75) is 20.3 Å². The fourth-order valence-corrected chi connectivity index (χ4v) is 0.706. The maximum atomic E-state index is 10.9. The third-order valence-corrected chi connectivity index (χ3v) is 1.85. The van der Waals surface area contributed by atoms with Crippen molar-refractivity contribution in [2.75, 3.05) is 21.3 Å². The van der Waals surface area contributed by atoms with E-state index in [1.807, 2.05) is 0 Å². The minimum Gasteiger partial charge on any atom is -0.469 e. The number of rotatable bonds is 4. The Kier molecular flexibility index (Phi) is 10.5. The minimum atomic E-state index is -1.09. The molecule has 7 nitrogen and oxygen atoms in total. The molecule has 0 amide bonds. The van der Waals surface area contributed by atoms with E-state index in [0.717, 1.165) is 14.2 Å². The Morgan fingerprint density at radius 1 is 0.944 bits per heavy atom. The molecule has 0 aromatic heterocycles. The standard InChI is InChI=1S/C7H10O5.C4H8O2/c1-4(6(9)11-2)5(8)7(10)12-3;1-3-4(5)6-2/h4H,1-3H3;3H2,1-2H3. The molecular formula is C11H18O7. The molecule has 0 saturated heterocycles. The smallest absolute Gasteiger partial charge is 0.375 e. The number of hydrogen-bond acceptors (Lipinski definition) is 7. The Morgan fingerprint density at radius 3 is 1.67 bits per heavy atom. The topological polar surface area (TPSA) is 96.0 Å². The first-order valence-corrected chi connectivity index (χ1v) is 5.12. The summed E-state index contributed by atoms with van der Waals surface area (Å²) in [4.78, 5) is 42.2. The molecule has 0 aliphatic heterocycles. The highest BCUT2D eigenvalue weighted by Crippen LogP contribution is 2.00. The van der Waals surface area contributed by atoms with Gasteiger partial charge in [0.2, 0.25) is 0 Å². The summed E-state index contributed by atoms with van der Waals surface area (Å²) in [5.74, 6) is -3.93. The van der Waals surface area contributed by atoms with Crippen LogP contribution < -0.4 is 0 Å². The Bertz CT molecular complexity index is 303. The summed E-state index contributed by atoms with van der Waals surface area (Å²) in [6.07, 6.45) is 0.469. The molecule has 0 aliphatic carbocycles. The van der Waals surface area contributed by atoms with Gasteiger partial charge in [0.15, 0.2) is 0 Å². The molecule has 0 bridgehead atoms. The van der Waals surface area contributed by atoms with Gasteiger partial charge >= 0.3 is 17.9 Å². The van der Waals surface area contributed by atoms with Crippen molar-refractivity contribution >= 4 is 23.7 Å². The Hall–Kier alpha value is -1.92. The average molecular weight is 262 g/mol. The maximum Gasteiger partial charge on any atom is 0.375 e. The second-order valence-electron chi connectivity index (χ2n) is 3.03. The van der Waals surface area contributed by atoms with Crippen molar-refractivity contribution in [1.82, 2.24) is 0 Å². The van der Waals surface area contributed by atoms with Crippen LogP contribution in [0.15, 0.2) is 0 Å². The van der Waals surface area contributed by atoms with E-state index in [4.69, 9.17) is 0 Å². The van der Waals surface area contributed by atoms with E-state index in [1.165, 1.54) is 14.0 Å². The molecule has 0 radical (unpaired) electrons. The number of methoxy groups -OCH3 is 3. The average Bonchev–Trinajstić information content (AvgIpc) is 2.43. The quantitative estimate of drug-likeness (QED) is 0.307. The molecule has 0 heterocycles. The molecule has 0 N–H and O–H groups in total. The Morgan fingerprint density at radius 2 is 1.44 bits per heavy atom. The van der Waals surface area contributed by atoms with Crippen LogP contribution in [0.4, 0.5) is 0 Å². The third-order valence-electron chi connectivity index (χ3n) is 1.85. The summed E-state index contributed by atoms with van der Waals surface area (Å²) in [5.41, 5.74) is 0. The monoisotopic (exact) mass is 262 g/mol. The van der Waals surface area contributed by atoms with Crippen LogP contribution in [0.25, 0.3) is 0 Å². The largest absolute Gasteiger partial charge is 0.469 e. The van der Waals surface area contributed by atoms with Gasteiger partial charge in [-0.05, 0) is 6.92 Å². The van der Waals surface area contributed by atoms with Gasteiger partial charge in [-0.3, -0.25) is 14.4 Å². The molecule has 0 spiro atoms. The van der Waals surface area contributed by atoms with Crippen molar-refractivity contribution in [3.8, 4) is 0 Å². The van der Waals surface area contributed by atoms with Crippen LogP contribution in [-0.4, -0.2) is 45.0 Å². The van der Waals surface area contributed by atoms with Crippen LogP contribution in [0.1, 0.15) is 20.3 Å². The molecule has 0 aliphatic rings. The van der Waals surface area contributed by atoms with Gasteiger partial charge in [0.1, 0.15) is 5.92 Å². The lowest BCUT2D eigenvalue weighted by molar-refractivity contribution is -0.159. The fourth-order valence-electron chi connectivity index (χ4n) is 0.706. The van der Waals surface area contributed by atoms with Crippen LogP contribution >= 0.6 is 0 Å². The van der Waals surface area contributed by atoms with E-state index in [1.54, 1.807) is 6.92 Å². The first kappa shape index (κ1) is 18.4. The van der Waals surface area contributed by atoms with Crippen molar-refractivity contribution in [1.29, 1.82) is 0 Å². The van der Waals surface area contributed by atoms with Gasteiger partial charge in [0.05, 0.1) is 21.3 Å². The van der Waals surface area contributed by atoms with E-state index in [9.17, 15) is 19.2 Å². The molecule has 7 heteroatoms. The normalized spacial score (nSPS) is 10.3. The SMILES string of the molecule is CCC(=O)OC.COC(=O)C(=O)C(C)C(=O)OC. The summed E-state index contributed by atoms with van der Waals surface area (Å²) in [5, 5.41) is 0. The number of Topliss-reactive ketones (excluding diaryl/α,β-unsaturated/α-hetero) is 1. The molecule has 0 rings (SSSR count). The molecular weight excluding hydrogens is 244 g/mol. The van der Waals surface area contributed by atoms with E-state index < -0.39 is 23.6 Å². The molecule has 104 valence electrons. The summed E-state index contributed by atoms with van der Waals surface area (Å²) in [6, 6.07) is 0. The van der Waals surface area contributed by atoms with Crippen molar-refractivity contribution in [3.63, 3.8) is 0 Å². The van der Waals surface area contributed by atoms with Gasteiger partial charge < -0.3 is 14.2 Å². The van der Waals surface area contributed by atoms with E-state index in [2.05, 4.69) is 14.2 Å². The molecule has 0 fully saturated rings. The number of ketones is 1. The summed E-state index contributed by atoms with van der Waals surface area (Å²) < 4.78 is 12.7. The number of hydrogen-bond donors (Lipinski definition) is 0. The maximum absolute atomic E-state index is 10.9. The zero-order chi connectivity index (χ0) is 14.7. The second-order valence-corrected chi connectivity index (χ2v) is 3.03. The molecule has 0 aromatic carbocycles. The van der Waals surface area contributed by atoms with Gasteiger partial charge in [0, 0.05) is 6.42 Å². The predicted octanol–water partition coefficient (Wildman–Crippen LogP) is 0.107. The fraction of sp³-hybridized carbons (Fsp3) is 0.636. The first-order valence-electron chi connectivity index (χ1n) is 5.12. The minimum absolute atomic E-state index is 0.157. The highest BCUT2D eigenvalue weighted by Gasteiger charge is 2.28. The summed E-state index contributed by atoms with van der Waals surface area (Å²) in [7, 11) is 3.60. The van der Waals surface area contributed by atoms with Crippen LogP contribution in [0.2, 0.25) is 0 Å². The van der Waals surface area contributed by atoms with Crippen LogP contribution in [0.5, 0.6) is 0 Å². The number of ether oxygens (including phenoxy) is 3. The Balaban J connectivity index is 0. The highest BCUT2D eigenvalue weighted by molar-refractivity contribution is 6.37. The highest BCUT2D eigenvalue weighted by atomic mass is 16.5. The second kappa shape index (κ2) is 10.2. The first-order chi connectivity index (χ1) is 8.35. The third kappa shape index (κ3) is 7.37. The molecule has 0 saturated carbocycles. The molecule has 1 atom stereocenters. The number of carbonyl (C=O) groups is 4. The van der Waals surface area contributed by atoms with Crippen molar-refractivity contribution < 1.29 is 33.4 Å². The lowest BCUT2D eigenvalue weighted by atomic mass is 10.1. The molecule has 18 heavy (non-hydrogen) atoms. The van der Waals surface area contributed by atoms with Crippen molar-refractivity contribution in [3.05, 3.63) is 0 Å². The van der Waals surface area contributed by atoms with Gasteiger partial charge in [-0.2, -0.15) is 0 Å². The van der Waals surface area contributed by atoms with E-state index >= 15 is 0 Å². The van der Waals surface area contributed by atoms with Gasteiger partial charge in [-0.15, -0.1) is 0 Å². The van der Waals surface area contributed by atoms with E-state index in [0.29, 0.717) is 6.42 Å². The Labute approximate surface area is 105 Å². The van der Waals surface area contributed by atoms with Crippen molar-refractivity contribution in [2.24, 2.45) is 5.92 Å². The lowest BCUT2D eigenvalue weighted by Crippen LogP contribution is -2.29. The van der Waals surface area contributed by atoms with Crippen LogP contribution in [0.3, 0.4) is 0 Å². The van der Waals surface area contributed by atoms with Gasteiger partial charge in [-0.1, -0.05) is 6.92 Å². The zero-order valence-electron chi connectivity index (χ0n) is 11.1. The molecule has 1 unspecified atom stereocenters. The van der Waals surface area contributed by atoms with Crippen LogP contribution in [-0.2, 0) is 33.4 Å². The summed E-state index contributed by atoms with van der Waals surface area (Å²) >= 11 is 0. The van der Waals surface area contributed by atoms with Gasteiger partial charge in [0.25, 0.3) is 5.78 Å². The number of esters is 3. The van der Waals surface area contributed by atoms with Gasteiger partial charge in [-0.25, -0.2) is 4.79 Å². The molecule has 0 aromatic rings. The zero-order valence-corrected chi connectivity index (χ0v) is 11.1.